The van der Waals surface area contributed by atoms with Gasteiger partial charge in [0.1, 0.15) is 5.75 Å². The highest BCUT2D eigenvalue weighted by atomic mass is 35.5. The molecule has 0 amide bonds. The highest BCUT2D eigenvalue weighted by Crippen LogP contribution is 2.28. The van der Waals surface area contributed by atoms with Gasteiger partial charge in [-0.25, -0.2) is 0 Å². The Labute approximate surface area is 104 Å². The first kappa shape index (κ1) is 12.6. The molecule has 0 heterocycles. The van der Waals surface area contributed by atoms with Crippen molar-refractivity contribution >= 4 is 11.6 Å². The Balaban J connectivity index is 1.97. The van der Waals surface area contributed by atoms with Crippen LogP contribution in [-0.4, -0.2) is 13.2 Å². The summed E-state index contributed by atoms with van der Waals surface area (Å²) in [6, 6.07) is 4.67. The van der Waals surface area contributed by atoms with Gasteiger partial charge in [-0.15, -0.1) is 0 Å². The maximum atomic E-state index is 12.2. The van der Waals surface area contributed by atoms with Gasteiger partial charge in [0.15, 0.2) is 0 Å². The van der Waals surface area contributed by atoms with Crippen LogP contribution in [0.4, 0.5) is 8.78 Å². The van der Waals surface area contributed by atoms with Crippen molar-refractivity contribution in [2.24, 2.45) is 5.92 Å². The van der Waals surface area contributed by atoms with Crippen LogP contribution in [0.25, 0.3) is 0 Å². The highest BCUT2D eigenvalue weighted by Gasteiger charge is 2.20. The van der Waals surface area contributed by atoms with Gasteiger partial charge in [0.2, 0.25) is 0 Å². The van der Waals surface area contributed by atoms with Crippen LogP contribution in [0.2, 0.25) is 5.02 Å². The van der Waals surface area contributed by atoms with Gasteiger partial charge in [-0.1, -0.05) is 11.6 Å². The van der Waals surface area contributed by atoms with Crippen molar-refractivity contribution in [3.8, 4) is 5.75 Å². The molecular formula is C12H14ClF2NO. The van der Waals surface area contributed by atoms with Crippen LogP contribution in [0.1, 0.15) is 18.4 Å². The summed E-state index contributed by atoms with van der Waals surface area (Å²) >= 11 is 5.84. The average Bonchev–Trinajstić information content (AvgIpc) is 3.05. The van der Waals surface area contributed by atoms with E-state index in [1.54, 1.807) is 12.1 Å². The molecule has 0 aromatic heterocycles. The quantitative estimate of drug-likeness (QED) is 0.847. The molecule has 1 aliphatic carbocycles. The summed E-state index contributed by atoms with van der Waals surface area (Å²) in [7, 11) is 0. The Morgan fingerprint density at radius 3 is 2.82 bits per heavy atom. The van der Waals surface area contributed by atoms with E-state index in [9.17, 15) is 8.78 Å². The minimum atomic E-state index is -2.81. The zero-order valence-corrected chi connectivity index (χ0v) is 10.0. The molecule has 2 rings (SSSR count). The lowest BCUT2D eigenvalue weighted by atomic mass is 10.2. The Kier molecular flexibility index (Phi) is 4.18. The number of nitrogens with one attached hydrogen (secondary N) is 1. The summed E-state index contributed by atoms with van der Waals surface area (Å²) in [5, 5.41) is 3.74. The standard InChI is InChI=1S/C12H14ClF2NO/c13-10-3-4-11(17-12(14)15)9(5-10)7-16-6-8-1-2-8/h3-5,8,12,16H,1-2,6-7H2. The second kappa shape index (κ2) is 5.65. The molecule has 1 fully saturated rings. The van der Waals surface area contributed by atoms with E-state index in [0.717, 1.165) is 12.5 Å². The first-order valence-electron chi connectivity index (χ1n) is 5.59. The number of halogens is 3. The van der Waals surface area contributed by atoms with E-state index in [1.165, 1.54) is 18.9 Å². The number of rotatable bonds is 6. The van der Waals surface area contributed by atoms with Gasteiger partial charge in [0.05, 0.1) is 0 Å². The predicted octanol–water partition coefficient (Wildman–Crippen LogP) is 3.44. The van der Waals surface area contributed by atoms with Crippen molar-refractivity contribution in [1.29, 1.82) is 0 Å². The van der Waals surface area contributed by atoms with Crippen molar-refractivity contribution in [2.45, 2.75) is 26.0 Å². The fourth-order valence-corrected chi connectivity index (χ4v) is 1.82. The topological polar surface area (TPSA) is 21.3 Å². The molecular weight excluding hydrogens is 248 g/mol. The lowest BCUT2D eigenvalue weighted by Gasteiger charge is -2.11. The lowest BCUT2D eigenvalue weighted by molar-refractivity contribution is -0.0504. The molecule has 94 valence electrons. The van der Waals surface area contributed by atoms with Crippen LogP contribution in [0.15, 0.2) is 18.2 Å². The first-order valence-corrected chi connectivity index (χ1v) is 5.97. The zero-order chi connectivity index (χ0) is 12.3. The van der Waals surface area contributed by atoms with Gasteiger partial charge in [0.25, 0.3) is 0 Å². The van der Waals surface area contributed by atoms with Crippen molar-refractivity contribution < 1.29 is 13.5 Å². The molecule has 0 aliphatic heterocycles. The fourth-order valence-electron chi connectivity index (χ4n) is 1.63. The molecule has 1 saturated carbocycles. The first-order chi connectivity index (χ1) is 8.15. The van der Waals surface area contributed by atoms with Crippen LogP contribution < -0.4 is 10.1 Å². The third kappa shape index (κ3) is 4.13. The van der Waals surface area contributed by atoms with Gasteiger partial charge in [0, 0.05) is 17.1 Å². The summed E-state index contributed by atoms with van der Waals surface area (Å²) in [5.74, 6) is 0.932. The summed E-state index contributed by atoms with van der Waals surface area (Å²) in [5.41, 5.74) is 0.665. The highest BCUT2D eigenvalue weighted by molar-refractivity contribution is 6.30. The van der Waals surface area contributed by atoms with Crippen molar-refractivity contribution in [3.05, 3.63) is 28.8 Å². The molecule has 1 aliphatic rings. The number of benzene rings is 1. The van der Waals surface area contributed by atoms with Gasteiger partial charge < -0.3 is 10.1 Å². The predicted molar refractivity (Wildman–Crippen MR) is 62.5 cm³/mol. The van der Waals surface area contributed by atoms with Gasteiger partial charge in [-0.3, -0.25) is 0 Å². The Morgan fingerprint density at radius 1 is 1.41 bits per heavy atom. The molecule has 0 unspecified atom stereocenters. The number of alkyl halides is 2. The van der Waals surface area contributed by atoms with Crippen molar-refractivity contribution in [3.63, 3.8) is 0 Å². The Hall–Kier alpha value is -0.870. The smallest absolute Gasteiger partial charge is 0.387 e. The van der Waals surface area contributed by atoms with Crippen LogP contribution in [0, 0.1) is 5.92 Å². The summed E-state index contributed by atoms with van der Waals surface area (Å²) in [4.78, 5) is 0. The molecule has 0 radical (unpaired) electrons. The molecule has 1 aromatic carbocycles. The zero-order valence-electron chi connectivity index (χ0n) is 9.26. The molecule has 1 N–H and O–H groups in total. The summed E-state index contributed by atoms with van der Waals surface area (Å²) in [6.07, 6.45) is 2.51. The molecule has 0 atom stereocenters. The average molecular weight is 262 g/mol. The Bertz CT molecular complexity index is 383. The third-order valence-electron chi connectivity index (χ3n) is 2.68. The minimum Gasteiger partial charge on any atom is -0.434 e. The van der Waals surface area contributed by atoms with Crippen LogP contribution in [0.5, 0.6) is 5.75 Å². The van der Waals surface area contributed by atoms with Crippen molar-refractivity contribution in [2.75, 3.05) is 6.54 Å². The van der Waals surface area contributed by atoms with Crippen molar-refractivity contribution in [1.82, 2.24) is 5.32 Å². The van der Waals surface area contributed by atoms with E-state index >= 15 is 0 Å². The molecule has 2 nitrogen and oxygen atoms in total. The SMILES string of the molecule is FC(F)Oc1ccc(Cl)cc1CNCC1CC1. The van der Waals surface area contributed by atoms with E-state index in [0.29, 0.717) is 17.1 Å². The fraction of sp³-hybridized carbons (Fsp3) is 0.500. The molecule has 0 spiro atoms. The van der Waals surface area contributed by atoms with Gasteiger partial charge in [-0.2, -0.15) is 8.78 Å². The molecule has 1 aromatic rings. The second-order valence-corrected chi connectivity index (χ2v) is 4.64. The summed E-state index contributed by atoms with van der Waals surface area (Å²) in [6.45, 7) is -1.39. The third-order valence-corrected chi connectivity index (χ3v) is 2.92. The largest absolute Gasteiger partial charge is 0.434 e. The minimum absolute atomic E-state index is 0.188. The van der Waals surface area contributed by atoms with E-state index in [-0.39, 0.29) is 5.75 Å². The van der Waals surface area contributed by atoms with Gasteiger partial charge in [-0.05, 0) is 43.5 Å². The van der Waals surface area contributed by atoms with Crippen LogP contribution in [0.3, 0.4) is 0 Å². The van der Waals surface area contributed by atoms with Crippen LogP contribution in [-0.2, 0) is 6.54 Å². The molecule has 17 heavy (non-hydrogen) atoms. The van der Waals surface area contributed by atoms with E-state index in [1.807, 2.05) is 0 Å². The number of hydrogen-bond acceptors (Lipinski definition) is 2. The number of hydrogen-bond donors (Lipinski definition) is 1. The van der Waals surface area contributed by atoms with E-state index < -0.39 is 6.61 Å². The van der Waals surface area contributed by atoms with Gasteiger partial charge >= 0.3 is 6.61 Å². The second-order valence-electron chi connectivity index (χ2n) is 4.20. The molecule has 5 heteroatoms. The maximum Gasteiger partial charge on any atom is 0.387 e. The van der Waals surface area contributed by atoms with E-state index in [4.69, 9.17) is 11.6 Å². The molecule has 0 bridgehead atoms. The Morgan fingerprint density at radius 2 is 2.18 bits per heavy atom. The lowest BCUT2D eigenvalue weighted by Crippen LogP contribution is -2.17. The molecule has 0 saturated heterocycles. The van der Waals surface area contributed by atoms with E-state index in [2.05, 4.69) is 10.1 Å². The van der Waals surface area contributed by atoms with Crippen LogP contribution >= 0.6 is 11.6 Å². The monoisotopic (exact) mass is 261 g/mol. The summed E-state index contributed by atoms with van der Waals surface area (Å²) < 4.78 is 28.8. The normalized spacial score (nSPS) is 15.3. The number of ether oxygens (including phenoxy) is 1. The maximum absolute atomic E-state index is 12.2.